The molecule has 2 N–H and O–H groups in total. The van der Waals surface area contributed by atoms with Gasteiger partial charge in [0.25, 0.3) is 5.91 Å². The van der Waals surface area contributed by atoms with Gasteiger partial charge in [0, 0.05) is 12.5 Å². The number of fused-ring (bicyclic) bond motifs is 1. The van der Waals surface area contributed by atoms with Crippen LogP contribution in [0, 0.1) is 5.82 Å². The molecule has 1 heterocycles. The van der Waals surface area contributed by atoms with E-state index in [0.717, 1.165) is 6.07 Å². The Morgan fingerprint density at radius 1 is 1.23 bits per heavy atom. The van der Waals surface area contributed by atoms with Crippen LogP contribution >= 0.6 is 0 Å². The van der Waals surface area contributed by atoms with Crippen LogP contribution < -0.4 is 15.4 Å². The lowest BCUT2D eigenvalue weighted by atomic mass is 10.1. The Morgan fingerprint density at radius 3 is 2.62 bits per heavy atom. The number of hydrogen-bond acceptors (Lipinski definition) is 4. The summed E-state index contributed by atoms with van der Waals surface area (Å²) in [6.07, 6.45) is 1.44. The first-order chi connectivity index (χ1) is 12.4. The van der Waals surface area contributed by atoms with E-state index in [0.29, 0.717) is 16.8 Å². The summed E-state index contributed by atoms with van der Waals surface area (Å²) in [6, 6.07) is 10.7. The summed E-state index contributed by atoms with van der Waals surface area (Å²) in [5.74, 6) is -2.20. The molecular weight excluding hydrogens is 339 g/mol. The molecule has 0 unspecified atom stereocenters. The quantitative estimate of drug-likeness (QED) is 0.853. The number of benzene rings is 2. The maximum atomic E-state index is 14.1. The predicted molar refractivity (Wildman–Crippen MR) is 93.0 cm³/mol. The van der Waals surface area contributed by atoms with E-state index in [2.05, 4.69) is 0 Å². The predicted octanol–water partition coefficient (Wildman–Crippen LogP) is 2.28. The van der Waals surface area contributed by atoms with Crippen molar-refractivity contribution in [2.24, 2.45) is 5.73 Å². The average Bonchev–Trinajstić information content (AvgIpc) is 2.87. The van der Waals surface area contributed by atoms with Crippen molar-refractivity contribution in [2.45, 2.75) is 6.92 Å². The zero-order chi connectivity index (χ0) is 18.8. The number of carbonyl (C=O) groups excluding carboxylic acids is 3. The van der Waals surface area contributed by atoms with Gasteiger partial charge in [-0.1, -0.05) is 18.2 Å². The first kappa shape index (κ1) is 17.3. The molecule has 132 valence electrons. The Bertz CT molecular complexity index is 952. The van der Waals surface area contributed by atoms with Crippen molar-refractivity contribution in [3.05, 3.63) is 65.1 Å². The van der Waals surface area contributed by atoms with Crippen LogP contribution in [0.1, 0.15) is 22.8 Å². The van der Waals surface area contributed by atoms with E-state index in [-0.39, 0.29) is 23.1 Å². The highest BCUT2D eigenvalue weighted by Gasteiger charge is 2.34. The highest BCUT2D eigenvalue weighted by atomic mass is 19.1. The number of carbonyl (C=O) groups is 3. The number of primary amides is 1. The summed E-state index contributed by atoms with van der Waals surface area (Å²) in [5, 5.41) is 0. The molecule has 2 amide bonds. The number of nitrogens with two attached hydrogens (primary N) is 1. The lowest BCUT2D eigenvalue weighted by Crippen LogP contribution is -2.25. The second kappa shape index (κ2) is 6.79. The molecule has 0 saturated carbocycles. The second-order valence-electron chi connectivity index (χ2n) is 5.68. The van der Waals surface area contributed by atoms with Gasteiger partial charge in [-0.15, -0.1) is 0 Å². The molecule has 3 rings (SSSR count). The van der Waals surface area contributed by atoms with Gasteiger partial charge in [-0.3, -0.25) is 19.3 Å². The molecule has 0 fully saturated rings. The van der Waals surface area contributed by atoms with Crippen molar-refractivity contribution < 1.29 is 23.5 Å². The van der Waals surface area contributed by atoms with Gasteiger partial charge in [0.1, 0.15) is 0 Å². The van der Waals surface area contributed by atoms with Crippen molar-refractivity contribution in [1.29, 1.82) is 0 Å². The highest BCUT2D eigenvalue weighted by Crippen LogP contribution is 2.35. The van der Waals surface area contributed by atoms with Crippen LogP contribution in [0.5, 0.6) is 5.75 Å². The van der Waals surface area contributed by atoms with Gasteiger partial charge in [-0.2, -0.15) is 0 Å². The zero-order valence-corrected chi connectivity index (χ0v) is 13.9. The van der Waals surface area contributed by atoms with Gasteiger partial charge >= 0.3 is 0 Å². The van der Waals surface area contributed by atoms with E-state index < -0.39 is 18.3 Å². The molecule has 1 aliphatic heterocycles. The SMILES string of the molecule is CC(=O)N1C(=Cc2ccc(OCC(N)=O)c(F)c2)C(=O)c2ccccc21. The summed E-state index contributed by atoms with van der Waals surface area (Å²) in [4.78, 5) is 36.6. The van der Waals surface area contributed by atoms with E-state index in [4.69, 9.17) is 10.5 Å². The molecule has 0 saturated heterocycles. The molecule has 0 spiro atoms. The molecule has 26 heavy (non-hydrogen) atoms. The fourth-order valence-corrected chi connectivity index (χ4v) is 2.73. The molecule has 0 atom stereocenters. The third-order valence-corrected chi connectivity index (χ3v) is 3.81. The van der Waals surface area contributed by atoms with Crippen molar-refractivity contribution in [3.63, 3.8) is 0 Å². The van der Waals surface area contributed by atoms with Crippen LogP contribution in [0.2, 0.25) is 0 Å². The van der Waals surface area contributed by atoms with Crippen molar-refractivity contribution in [3.8, 4) is 5.75 Å². The Morgan fingerprint density at radius 2 is 1.96 bits per heavy atom. The van der Waals surface area contributed by atoms with Crippen LogP contribution in [0.4, 0.5) is 10.1 Å². The normalized spacial score (nSPS) is 14.5. The van der Waals surface area contributed by atoms with Crippen LogP contribution in [-0.4, -0.2) is 24.2 Å². The number of halogens is 1. The van der Waals surface area contributed by atoms with E-state index in [9.17, 15) is 18.8 Å². The molecule has 6 nitrogen and oxygen atoms in total. The topological polar surface area (TPSA) is 89.7 Å². The van der Waals surface area contributed by atoms with Gasteiger partial charge in [0.15, 0.2) is 18.2 Å². The minimum absolute atomic E-state index is 0.129. The number of rotatable bonds is 4. The summed E-state index contributed by atoms with van der Waals surface area (Å²) >= 11 is 0. The first-order valence-electron chi connectivity index (χ1n) is 7.75. The summed E-state index contributed by atoms with van der Waals surface area (Å²) in [7, 11) is 0. The number of anilines is 1. The van der Waals surface area contributed by atoms with Crippen LogP contribution in [0.3, 0.4) is 0 Å². The lowest BCUT2D eigenvalue weighted by Gasteiger charge is -2.16. The number of ketones is 1. The van der Waals surface area contributed by atoms with Gasteiger partial charge in [0.2, 0.25) is 11.7 Å². The molecule has 2 aromatic rings. The fourth-order valence-electron chi connectivity index (χ4n) is 2.73. The second-order valence-corrected chi connectivity index (χ2v) is 5.68. The van der Waals surface area contributed by atoms with Crippen LogP contribution in [0.15, 0.2) is 48.2 Å². The largest absolute Gasteiger partial charge is 0.481 e. The van der Waals surface area contributed by atoms with E-state index in [1.165, 1.54) is 30.0 Å². The van der Waals surface area contributed by atoms with Crippen LogP contribution in [-0.2, 0) is 9.59 Å². The van der Waals surface area contributed by atoms with Gasteiger partial charge < -0.3 is 10.5 Å². The summed E-state index contributed by atoms with van der Waals surface area (Å²) in [6.45, 7) is 0.911. The molecule has 0 radical (unpaired) electrons. The number of amides is 2. The van der Waals surface area contributed by atoms with E-state index in [1.807, 2.05) is 0 Å². The van der Waals surface area contributed by atoms with Crippen LogP contribution in [0.25, 0.3) is 6.08 Å². The molecular formula is C19H15FN2O4. The monoisotopic (exact) mass is 354 g/mol. The number of para-hydroxylation sites is 1. The van der Waals surface area contributed by atoms with E-state index >= 15 is 0 Å². The molecule has 0 bridgehead atoms. The van der Waals surface area contributed by atoms with Gasteiger partial charge in [-0.05, 0) is 35.9 Å². The smallest absolute Gasteiger partial charge is 0.255 e. The first-order valence-corrected chi connectivity index (χ1v) is 7.75. The minimum atomic E-state index is -0.720. The number of hydrogen-bond donors (Lipinski definition) is 1. The van der Waals surface area contributed by atoms with Gasteiger partial charge in [0.05, 0.1) is 11.4 Å². The number of allylic oxidation sites excluding steroid dienone is 1. The minimum Gasteiger partial charge on any atom is -0.481 e. The van der Waals surface area contributed by atoms with Crippen molar-refractivity contribution in [2.75, 3.05) is 11.5 Å². The summed E-state index contributed by atoms with van der Waals surface area (Å²) in [5.41, 5.74) is 6.38. The summed E-state index contributed by atoms with van der Waals surface area (Å²) < 4.78 is 19.1. The lowest BCUT2D eigenvalue weighted by molar-refractivity contribution is -0.120. The maximum Gasteiger partial charge on any atom is 0.255 e. The molecule has 0 aromatic heterocycles. The Labute approximate surface area is 148 Å². The Kier molecular flexibility index (Phi) is 4.53. The molecule has 0 aliphatic carbocycles. The highest BCUT2D eigenvalue weighted by molar-refractivity contribution is 6.26. The van der Waals surface area contributed by atoms with Crippen molar-refractivity contribution in [1.82, 2.24) is 0 Å². The molecule has 1 aliphatic rings. The Hall–Kier alpha value is -3.48. The Balaban J connectivity index is 1.97. The standard InChI is InChI=1S/C19H15FN2O4/c1-11(23)22-15-5-3-2-4-13(15)19(25)16(22)9-12-6-7-17(14(20)8-12)26-10-18(21)24/h2-9H,10H2,1H3,(H2,21,24). The van der Waals surface area contributed by atoms with Crippen molar-refractivity contribution >= 4 is 29.4 Å². The van der Waals surface area contributed by atoms with E-state index in [1.54, 1.807) is 24.3 Å². The number of Topliss-reactive ketones (excluding diaryl/α,β-unsaturated/α-hetero) is 1. The number of nitrogens with zero attached hydrogens (tertiary/aromatic N) is 1. The molecule has 2 aromatic carbocycles. The number of ether oxygens (including phenoxy) is 1. The molecule has 7 heteroatoms. The van der Waals surface area contributed by atoms with Gasteiger partial charge in [-0.25, -0.2) is 4.39 Å². The maximum absolute atomic E-state index is 14.1. The zero-order valence-electron chi connectivity index (χ0n) is 13.9. The third kappa shape index (κ3) is 3.19. The fraction of sp³-hybridized carbons (Fsp3) is 0.105. The average molecular weight is 354 g/mol. The third-order valence-electron chi connectivity index (χ3n) is 3.81.